The Labute approximate surface area is 186 Å². The molecule has 2 amide bonds. The number of ether oxygens (including phenoxy) is 1. The number of halogens is 3. The van der Waals surface area contributed by atoms with Gasteiger partial charge in [-0.25, -0.2) is 0 Å². The molecule has 9 heteroatoms. The largest absolute Gasteiger partial charge is 0.455 e. The predicted octanol–water partition coefficient (Wildman–Crippen LogP) is 4.60. The number of carbonyl (C=O) groups excluding carboxylic acids is 3. The normalized spacial score (nSPS) is 16.1. The lowest BCUT2D eigenvalue weighted by atomic mass is 10.1. The summed E-state index contributed by atoms with van der Waals surface area (Å²) in [6.45, 7) is 1.58. The third kappa shape index (κ3) is 5.10. The number of anilines is 2. The maximum absolute atomic E-state index is 12.3. The topological polar surface area (TPSA) is 75.7 Å². The lowest BCUT2D eigenvalue weighted by molar-refractivity contribution is -0.151. The van der Waals surface area contributed by atoms with Crippen LogP contribution in [0.5, 0.6) is 0 Å². The Hall–Kier alpha value is -2.09. The number of carbonyl (C=O) groups is 3. The van der Waals surface area contributed by atoms with Crippen molar-refractivity contribution in [2.24, 2.45) is 5.92 Å². The standard InChI is InChI=1S/C20H17BrCl2N2O4/c1-11-7-13(5-6-14(11)21)24-17(26)10-29-20(28)12-8-18(27)25(9-12)16-4-2-3-15(22)19(16)23/h2-7,12H,8-10H2,1H3,(H,24,26)/t12-/m1/s1. The Morgan fingerprint density at radius 3 is 2.76 bits per heavy atom. The van der Waals surface area contributed by atoms with Crippen LogP contribution in [0.4, 0.5) is 11.4 Å². The summed E-state index contributed by atoms with van der Waals surface area (Å²) in [5, 5.41) is 3.24. The maximum Gasteiger partial charge on any atom is 0.311 e. The monoisotopic (exact) mass is 498 g/mol. The van der Waals surface area contributed by atoms with Crippen LogP contribution in [0.1, 0.15) is 12.0 Å². The van der Waals surface area contributed by atoms with E-state index in [0.717, 1.165) is 10.0 Å². The molecule has 0 saturated carbocycles. The Balaban J connectivity index is 1.56. The van der Waals surface area contributed by atoms with Gasteiger partial charge in [-0.2, -0.15) is 0 Å². The zero-order valence-corrected chi connectivity index (χ0v) is 18.5. The third-order valence-electron chi connectivity index (χ3n) is 4.47. The molecule has 6 nitrogen and oxygen atoms in total. The fourth-order valence-electron chi connectivity index (χ4n) is 2.97. The molecule has 0 unspecified atom stereocenters. The van der Waals surface area contributed by atoms with E-state index in [9.17, 15) is 14.4 Å². The first kappa shape index (κ1) is 21.6. The number of hydrogen-bond acceptors (Lipinski definition) is 4. The molecule has 1 aliphatic rings. The van der Waals surface area contributed by atoms with Gasteiger partial charge in [-0.1, -0.05) is 45.2 Å². The van der Waals surface area contributed by atoms with Gasteiger partial charge in [-0.05, 0) is 42.8 Å². The maximum atomic E-state index is 12.3. The zero-order valence-electron chi connectivity index (χ0n) is 15.4. The fourth-order valence-corrected chi connectivity index (χ4v) is 3.62. The summed E-state index contributed by atoms with van der Waals surface area (Å²) < 4.78 is 6.03. The highest BCUT2D eigenvalue weighted by atomic mass is 79.9. The molecule has 1 N–H and O–H groups in total. The molecule has 1 fully saturated rings. The van der Waals surface area contributed by atoms with Crippen molar-refractivity contribution in [2.45, 2.75) is 13.3 Å². The van der Waals surface area contributed by atoms with Crippen LogP contribution in [0.15, 0.2) is 40.9 Å². The van der Waals surface area contributed by atoms with E-state index < -0.39 is 24.4 Å². The molecule has 3 rings (SSSR count). The summed E-state index contributed by atoms with van der Waals surface area (Å²) in [6.07, 6.45) is -0.0186. The van der Waals surface area contributed by atoms with Gasteiger partial charge in [0, 0.05) is 23.1 Å². The van der Waals surface area contributed by atoms with Gasteiger partial charge >= 0.3 is 5.97 Å². The molecule has 0 bridgehead atoms. The number of amides is 2. The van der Waals surface area contributed by atoms with Crippen molar-refractivity contribution in [3.05, 3.63) is 56.5 Å². The van der Waals surface area contributed by atoms with Crippen molar-refractivity contribution in [2.75, 3.05) is 23.4 Å². The Morgan fingerprint density at radius 1 is 1.28 bits per heavy atom. The van der Waals surface area contributed by atoms with Crippen molar-refractivity contribution in [3.63, 3.8) is 0 Å². The van der Waals surface area contributed by atoms with Crippen molar-refractivity contribution >= 4 is 68.3 Å². The summed E-state index contributed by atoms with van der Waals surface area (Å²) in [4.78, 5) is 38.1. The van der Waals surface area contributed by atoms with Gasteiger partial charge in [0.2, 0.25) is 5.91 Å². The molecule has 0 radical (unpaired) electrons. The van der Waals surface area contributed by atoms with Crippen LogP contribution >= 0.6 is 39.1 Å². The minimum Gasteiger partial charge on any atom is -0.455 e. The number of esters is 1. The van der Waals surface area contributed by atoms with Gasteiger partial charge in [-0.3, -0.25) is 14.4 Å². The van der Waals surface area contributed by atoms with Crippen LogP contribution in [0.3, 0.4) is 0 Å². The average molecular weight is 500 g/mol. The van der Waals surface area contributed by atoms with E-state index in [1.807, 2.05) is 13.0 Å². The van der Waals surface area contributed by atoms with E-state index in [2.05, 4.69) is 21.2 Å². The molecule has 0 aromatic heterocycles. The van der Waals surface area contributed by atoms with E-state index in [4.69, 9.17) is 27.9 Å². The van der Waals surface area contributed by atoms with Crippen molar-refractivity contribution < 1.29 is 19.1 Å². The fraction of sp³-hybridized carbons (Fsp3) is 0.250. The van der Waals surface area contributed by atoms with Gasteiger partial charge in [-0.15, -0.1) is 0 Å². The second-order valence-electron chi connectivity index (χ2n) is 6.60. The van der Waals surface area contributed by atoms with Gasteiger partial charge in [0.05, 0.1) is 21.7 Å². The van der Waals surface area contributed by atoms with Crippen LogP contribution in [0.25, 0.3) is 0 Å². The van der Waals surface area contributed by atoms with Crippen LogP contribution in [0.2, 0.25) is 10.0 Å². The smallest absolute Gasteiger partial charge is 0.311 e. The van der Waals surface area contributed by atoms with E-state index in [0.29, 0.717) is 16.4 Å². The summed E-state index contributed by atoms with van der Waals surface area (Å²) in [5.41, 5.74) is 2.01. The number of aryl methyl sites for hydroxylation is 1. The first-order valence-corrected chi connectivity index (χ1v) is 10.3. The van der Waals surface area contributed by atoms with Crippen LogP contribution in [-0.2, 0) is 19.1 Å². The van der Waals surface area contributed by atoms with Crippen LogP contribution in [-0.4, -0.2) is 30.9 Å². The Bertz CT molecular complexity index is 983. The second kappa shape index (κ2) is 9.15. The number of hydrogen-bond donors (Lipinski definition) is 1. The Kier molecular flexibility index (Phi) is 6.82. The molecular weight excluding hydrogens is 483 g/mol. The van der Waals surface area contributed by atoms with Crippen LogP contribution in [0, 0.1) is 12.8 Å². The number of nitrogens with one attached hydrogen (secondary N) is 1. The lowest BCUT2D eigenvalue weighted by Crippen LogP contribution is -2.28. The summed E-state index contributed by atoms with van der Waals surface area (Å²) in [7, 11) is 0. The van der Waals surface area contributed by atoms with Crippen LogP contribution < -0.4 is 10.2 Å². The quantitative estimate of drug-likeness (QED) is 0.610. The Morgan fingerprint density at radius 2 is 2.03 bits per heavy atom. The SMILES string of the molecule is Cc1cc(NC(=O)COC(=O)[C@@H]2CC(=O)N(c3cccc(Cl)c3Cl)C2)ccc1Br. The summed E-state index contributed by atoms with van der Waals surface area (Å²) in [6, 6.07) is 10.3. The average Bonchev–Trinajstić information content (AvgIpc) is 3.06. The number of rotatable bonds is 5. The third-order valence-corrected chi connectivity index (χ3v) is 6.17. The zero-order chi connectivity index (χ0) is 21.1. The van der Waals surface area contributed by atoms with Gasteiger partial charge in [0.25, 0.3) is 5.91 Å². The van der Waals surface area contributed by atoms with E-state index in [-0.39, 0.29) is 23.9 Å². The molecule has 152 valence electrons. The predicted molar refractivity (Wildman–Crippen MR) is 115 cm³/mol. The second-order valence-corrected chi connectivity index (χ2v) is 8.24. The molecule has 0 aliphatic carbocycles. The minimum absolute atomic E-state index is 0.0186. The molecule has 2 aromatic rings. The molecule has 0 spiro atoms. The number of benzene rings is 2. The molecular formula is C20H17BrCl2N2O4. The van der Waals surface area contributed by atoms with Crippen molar-refractivity contribution in [1.82, 2.24) is 0 Å². The minimum atomic E-state index is -0.680. The lowest BCUT2D eigenvalue weighted by Gasteiger charge is -2.18. The highest BCUT2D eigenvalue weighted by Crippen LogP contribution is 2.35. The summed E-state index contributed by atoms with van der Waals surface area (Å²) in [5.74, 6) is -2.01. The number of nitrogens with zero attached hydrogens (tertiary/aromatic N) is 1. The molecule has 1 saturated heterocycles. The van der Waals surface area contributed by atoms with Gasteiger partial charge < -0.3 is 15.0 Å². The van der Waals surface area contributed by atoms with Crippen molar-refractivity contribution in [3.8, 4) is 0 Å². The van der Waals surface area contributed by atoms with Gasteiger partial charge in [0.15, 0.2) is 6.61 Å². The van der Waals surface area contributed by atoms with E-state index in [1.165, 1.54) is 4.90 Å². The first-order chi connectivity index (χ1) is 13.8. The molecule has 1 heterocycles. The van der Waals surface area contributed by atoms with Gasteiger partial charge in [0.1, 0.15) is 0 Å². The van der Waals surface area contributed by atoms with Crippen molar-refractivity contribution in [1.29, 1.82) is 0 Å². The first-order valence-electron chi connectivity index (χ1n) is 8.73. The highest BCUT2D eigenvalue weighted by Gasteiger charge is 2.37. The van der Waals surface area contributed by atoms with E-state index >= 15 is 0 Å². The summed E-state index contributed by atoms with van der Waals surface area (Å²) >= 11 is 15.6. The molecule has 1 aliphatic heterocycles. The molecule has 2 aromatic carbocycles. The molecule has 29 heavy (non-hydrogen) atoms. The molecule has 1 atom stereocenters. The highest BCUT2D eigenvalue weighted by molar-refractivity contribution is 9.10. The van der Waals surface area contributed by atoms with E-state index in [1.54, 1.807) is 30.3 Å².